The molecule has 1 aromatic carbocycles. The minimum atomic E-state index is 0.731. The molecule has 0 fully saturated rings. The molecule has 0 unspecified atom stereocenters. The molecule has 4 nitrogen and oxygen atoms in total. The number of benzene rings is 1. The highest BCUT2D eigenvalue weighted by molar-refractivity contribution is 5.66. The second kappa shape index (κ2) is 6.12. The number of hydrogen-bond donors (Lipinski definition) is 1. The molecule has 0 amide bonds. The lowest BCUT2D eigenvalue weighted by atomic mass is 10.0. The SMILES string of the molecule is CCCNc1nc(C)cc(N2CCCc3ccccc32)n1. The number of nitrogens with one attached hydrogen (secondary N) is 1. The first-order valence-corrected chi connectivity index (χ1v) is 7.73. The molecule has 2 aromatic rings. The van der Waals surface area contributed by atoms with E-state index in [1.807, 2.05) is 6.92 Å². The second-order valence-electron chi connectivity index (χ2n) is 5.50. The molecule has 2 heterocycles. The molecule has 0 spiro atoms. The topological polar surface area (TPSA) is 41.1 Å². The number of rotatable bonds is 4. The first-order valence-electron chi connectivity index (χ1n) is 7.73. The van der Waals surface area contributed by atoms with Crippen LogP contribution in [0.1, 0.15) is 31.0 Å². The van der Waals surface area contributed by atoms with E-state index < -0.39 is 0 Å². The van der Waals surface area contributed by atoms with Gasteiger partial charge in [-0.25, -0.2) is 4.98 Å². The third kappa shape index (κ3) is 2.99. The van der Waals surface area contributed by atoms with Crippen molar-refractivity contribution in [2.45, 2.75) is 33.1 Å². The fourth-order valence-corrected chi connectivity index (χ4v) is 2.78. The summed E-state index contributed by atoms with van der Waals surface area (Å²) in [5.41, 5.74) is 3.69. The number of nitrogens with zero attached hydrogens (tertiary/aromatic N) is 3. The molecule has 0 radical (unpaired) electrons. The zero-order valence-corrected chi connectivity index (χ0v) is 12.8. The van der Waals surface area contributed by atoms with E-state index in [2.05, 4.69) is 52.5 Å². The molecule has 1 aliphatic heterocycles. The van der Waals surface area contributed by atoms with Crippen LogP contribution in [0.15, 0.2) is 30.3 Å². The van der Waals surface area contributed by atoms with E-state index in [4.69, 9.17) is 4.98 Å². The Balaban J connectivity index is 1.95. The third-order valence-electron chi connectivity index (χ3n) is 3.76. The maximum absolute atomic E-state index is 4.70. The highest BCUT2D eigenvalue weighted by Crippen LogP contribution is 2.32. The lowest BCUT2D eigenvalue weighted by molar-refractivity contribution is 0.757. The van der Waals surface area contributed by atoms with Crippen LogP contribution in [0.4, 0.5) is 17.5 Å². The van der Waals surface area contributed by atoms with E-state index in [-0.39, 0.29) is 0 Å². The van der Waals surface area contributed by atoms with Crippen molar-refractivity contribution in [1.29, 1.82) is 0 Å². The van der Waals surface area contributed by atoms with Crippen molar-refractivity contribution in [1.82, 2.24) is 9.97 Å². The molecule has 1 aliphatic rings. The average Bonchev–Trinajstić information content (AvgIpc) is 2.52. The van der Waals surface area contributed by atoms with Crippen molar-refractivity contribution in [3.8, 4) is 0 Å². The van der Waals surface area contributed by atoms with E-state index in [0.29, 0.717) is 0 Å². The standard InChI is InChI=1S/C17H22N4/c1-3-10-18-17-19-13(2)12-16(20-17)21-11-6-8-14-7-4-5-9-15(14)21/h4-5,7,9,12H,3,6,8,10-11H2,1-2H3,(H,18,19,20). The molecule has 1 aromatic heterocycles. The number of aromatic nitrogens is 2. The summed E-state index contributed by atoms with van der Waals surface area (Å²) < 4.78 is 0. The molecular weight excluding hydrogens is 260 g/mol. The lowest BCUT2D eigenvalue weighted by Crippen LogP contribution is -2.25. The highest BCUT2D eigenvalue weighted by Gasteiger charge is 2.19. The summed E-state index contributed by atoms with van der Waals surface area (Å²) >= 11 is 0. The van der Waals surface area contributed by atoms with Gasteiger partial charge in [0.25, 0.3) is 0 Å². The molecule has 110 valence electrons. The van der Waals surface area contributed by atoms with Crippen molar-refractivity contribution in [2.24, 2.45) is 0 Å². The predicted octanol–water partition coefficient (Wildman–Crippen LogP) is 3.69. The van der Waals surface area contributed by atoms with Crippen molar-refractivity contribution < 1.29 is 0 Å². The summed E-state index contributed by atoms with van der Waals surface area (Å²) in [6.07, 6.45) is 3.38. The van der Waals surface area contributed by atoms with Crippen LogP contribution >= 0.6 is 0 Å². The summed E-state index contributed by atoms with van der Waals surface area (Å²) in [7, 11) is 0. The Hall–Kier alpha value is -2.10. The van der Waals surface area contributed by atoms with Gasteiger partial charge in [0.1, 0.15) is 5.82 Å². The quantitative estimate of drug-likeness (QED) is 0.928. The Kier molecular flexibility index (Phi) is 4.04. The highest BCUT2D eigenvalue weighted by atomic mass is 15.2. The predicted molar refractivity (Wildman–Crippen MR) is 87.3 cm³/mol. The second-order valence-corrected chi connectivity index (χ2v) is 5.50. The van der Waals surface area contributed by atoms with Crippen molar-refractivity contribution in [3.05, 3.63) is 41.6 Å². The average molecular weight is 282 g/mol. The van der Waals surface area contributed by atoms with Gasteiger partial charge in [0.05, 0.1) is 0 Å². The van der Waals surface area contributed by atoms with E-state index in [1.165, 1.54) is 11.3 Å². The van der Waals surface area contributed by atoms with Crippen LogP contribution in [0.5, 0.6) is 0 Å². The molecular formula is C17H22N4. The van der Waals surface area contributed by atoms with Crippen molar-refractivity contribution in [3.63, 3.8) is 0 Å². The molecule has 0 saturated carbocycles. The van der Waals surface area contributed by atoms with Crippen LogP contribution < -0.4 is 10.2 Å². The normalized spacial score (nSPS) is 13.9. The van der Waals surface area contributed by atoms with E-state index in [0.717, 1.165) is 49.8 Å². The molecule has 0 saturated heterocycles. The van der Waals surface area contributed by atoms with Gasteiger partial charge in [-0.3, -0.25) is 0 Å². The Morgan fingerprint density at radius 2 is 2.10 bits per heavy atom. The van der Waals surface area contributed by atoms with E-state index >= 15 is 0 Å². The van der Waals surface area contributed by atoms with Gasteiger partial charge in [0, 0.05) is 30.5 Å². The summed E-state index contributed by atoms with van der Waals surface area (Å²) in [5.74, 6) is 1.73. The Morgan fingerprint density at radius 1 is 1.24 bits per heavy atom. The van der Waals surface area contributed by atoms with Gasteiger partial charge in [-0.2, -0.15) is 4.98 Å². The van der Waals surface area contributed by atoms with Crippen LogP contribution in [0, 0.1) is 6.92 Å². The number of aryl methyl sites for hydroxylation is 2. The summed E-state index contributed by atoms with van der Waals surface area (Å²) in [6.45, 7) is 6.09. The minimum absolute atomic E-state index is 0.731. The molecule has 0 atom stereocenters. The van der Waals surface area contributed by atoms with Crippen LogP contribution in [-0.2, 0) is 6.42 Å². The smallest absolute Gasteiger partial charge is 0.224 e. The van der Waals surface area contributed by atoms with Crippen LogP contribution in [0.2, 0.25) is 0 Å². The number of hydrogen-bond acceptors (Lipinski definition) is 4. The molecule has 4 heteroatoms. The summed E-state index contributed by atoms with van der Waals surface area (Å²) in [6, 6.07) is 10.7. The maximum Gasteiger partial charge on any atom is 0.224 e. The van der Waals surface area contributed by atoms with Gasteiger partial charge in [0.15, 0.2) is 0 Å². The van der Waals surface area contributed by atoms with Crippen LogP contribution in [0.25, 0.3) is 0 Å². The van der Waals surface area contributed by atoms with Gasteiger partial charge in [-0.15, -0.1) is 0 Å². The van der Waals surface area contributed by atoms with Gasteiger partial charge >= 0.3 is 0 Å². The van der Waals surface area contributed by atoms with Gasteiger partial charge in [-0.05, 0) is 37.8 Å². The molecule has 21 heavy (non-hydrogen) atoms. The van der Waals surface area contributed by atoms with Gasteiger partial charge in [-0.1, -0.05) is 25.1 Å². The Labute approximate surface area is 126 Å². The molecule has 3 rings (SSSR count). The number of anilines is 3. The zero-order chi connectivity index (χ0) is 14.7. The van der Waals surface area contributed by atoms with Gasteiger partial charge in [0.2, 0.25) is 5.95 Å². The van der Waals surface area contributed by atoms with Crippen molar-refractivity contribution in [2.75, 3.05) is 23.3 Å². The van der Waals surface area contributed by atoms with Crippen molar-refractivity contribution >= 4 is 17.5 Å². The maximum atomic E-state index is 4.70. The number of fused-ring (bicyclic) bond motifs is 1. The van der Waals surface area contributed by atoms with Crippen LogP contribution in [0.3, 0.4) is 0 Å². The van der Waals surface area contributed by atoms with E-state index in [1.54, 1.807) is 0 Å². The van der Waals surface area contributed by atoms with Crippen LogP contribution in [-0.4, -0.2) is 23.1 Å². The third-order valence-corrected chi connectivity index (χ3v) is 3.76. The lowest BCUT2D eigenvalue weighted by Gasteiger charge is -2.30. The largest absolute Gasteiger partial charge is 0.354 e. The minimum Gasteiger partial charge on any atom is -0.354 e. The monoisotopic (exact) mass is 282 g/mol. The Bertz CT molecular complexity index is 624. The molecule has 0 aliphatic carbocycles. The fraction of sp³-hybridized carbons (Fsp3) is 0.412. The zero-order valence-electron chi connectivity index (χ0n) is 12.8. The molecule has 1 N–H and O–H groups in total. The van der Waals surface area contributed by atoms with Gasteiger partial charge < -0.3 is 10.2 Å². The first-order chi connectivity index (χ1) is 10.3. The van der Waals surface area contributed by atoms with E-state index in [9.17, 15) is 0 Å². The first kappa shape index (κ1) is 13.9. The molecule has 0 bridgehead atoms. The summed E-state index contributed by atoms with van der Waals surface area (Å²) in [5, 5.41) is 3.29. The number of para-hydroxylation sites is 1. The summed E-state index contributed by atoms with van der Waals surface area (Å²) in [4.78, 5) is 11.5. The Morgan fingerprint density at radius 3 is 2.95 bits per heavy atom. The fourth-order valence-electron chi connectivity index (χ4n) is 2.78.